The molecule has 3 heteroatoms. The molecular formula is C13H13F3. The third kappa shape index (κ3) is 2.46. The fourth-order valence-corrected chi connectivity index (χ4v) is 2.07. The molecule has 1 aromatic rings. The monoisotopic (exact) mass is 226 g/mol. The fourth-order valence-electron chi connectivity index (χ4n) is 2.07. The van der Waals surface area contributed by atoms with Crippen LogP contribution in [0.4, 0.5) is 13.2 Å². The van der Waals surface area contributed by atoms with Crippen molar-refractivity contribution in [2.45, 2.75) is 24.9 Å². The molecule has 1 aromatic carbocycles. The number of allylic oxidation sites excluding steroid dienone is 2. The quantitative estimate of drug-likeness (QED) is 0.626. The van der Waals surface area contributed by atoms with Gasteiger partial charge in [0, 0.05) is 5.92 Å². The Balaban J connectivity index is 2.09. The summed E-state index contributed by atoms with van der Waals surface area (Å²) in [6.45, 7) is 0. The van der Waals surface area contributed by atoms with Crippen molar-refractivity contribution in [3.63, 3.8) is 0 Å². The second-order valence-corrected chi connectivity index (χ2v) is 4.13. The van der Waals surface area contributed by atoms with Crippen molar-refractivity contribution < 1.29 is 13.2 Å². The zero-order chi connectivity index (χ0) is 11.6. The van der Waals surface area contributed by atoms with Gasteiger partial charge in [0.05, 0.1) is 5.92 Å². The number of halogens is 3. The molecule has 0 radical (unpaired) electrons. The van der Waals surface area contributed by atoms with E-state index >= 15 is 0 Å². The summed E-state index contributed by atoms with van der Waals surface area (Å²) in [5, 5.41) is 0. The van der Waals surface area contributed by atoms with Crippen LogP contribution in [0.3, 0.4) is 0 Å². The van der Waals surface area contributed by atoms with Crippen LogP contribution in [0, 0.1) is 5.92 Å². The van der Waals surface area contributed by atoms with E-state index in [-0.39, 0.29) is 12.3 Å². The first-order valence-electron chi connectivity index (χ1n) is 5.37. The van der Waals surface area contributed by atoms with Crippen molar-refractivity contribution >= 4 is 0 Å². The molecule has 0 aromatic heterocycles. The van der Waals surface area contributed by atoms with E-state index in [2.05, 4.69) is 0 Å². The molecule has 2 unspecified atom stereocenters. The van der Waals surface area contributed by atoms with Gasteiger partial charge in [-0.05, 0) is 18.4 Å². The van der Waals surface area contributed by atoms with E-state index in [1.807, 2.05) is 30.3 Å². The molecule has 1 aliphatic rings. The Bertz CT molecular complexity index is 365. The molecule has 0 saturated heterocycles. The maximum atomic E-state index is 12.4. The Kier molecular flexibility index (Phi) is 3.03. The highest BCUT2D eigenvalue weighted by Crippen LogP contribution is 2.38. The summed E-state index contributed by atoms with van der Waals surface area (Å²) < 4.78 is 37.3. The first-order chi connectivity index (χ1) is 7.57. The highest BCUT2D eigenvalue weighted by molar-refractivity contribution is 5.25. The summed E-state index contributed by atoms with van der Waals surface area (Å²) in [6.07, 6.45) is -0.319. The van der Waals surface area contributed by atoms with Gasteiger partial charge in [0.2, 0.25) is 0 Å². The average Bonchev–Trinajstić information content (AvgIpc) is 2.29. The van der Waals surface area contributed by atoms with Gasteiger partial charge in [-0.3, -0.25) is 0 Å². The number of benzene rings is 1. The van der Waals surface area contributed by atoms with Crippen LogP contribution < -0.4 is 0 Å². The topological polar surface area (TPSA) is 0 Å². The van der Waals surface area contributed by atoms with Gasteiger partial charge >= 0.3 is 6.18 Å². The van der Waals surface area contributed by atoms with E-state index < -0.39 is 12.1 Å². The predicted molar refractivity (Wildman–Crippen MR) is 57.1 cm³/mol. The molecule has 0 saturated carbocycles. The predicted octanol–water partition coefficient (Wildman–Crippen LogP) is 4.30. The van der Waals surface area contributed by atoms with Crippen LogP contribution in [-0.4, -0.2) is 6.18 Å². The molecule has 1 aliphatic carbocycles. The minimum Gasteiger partial charge on any atom is -0.170 e. The first kappa shape index (κ1) is 11.2. The lowest BCUT2D eigenvalue weighted by atomic mass is 9.84. The van der Waals surface area contributed by atoms with Crippen molar-refractivity contribution in [3.05, 3.63) is 48.0 Å². The zero-order valence-corrected chi connectivity index (χ0v) is 8.74. The molecule has 0 fully saturated rings. The molecule has 0 spiro atoms. The van der Waals surface area contributed by atoms with Gasteiger partial charge in [0.15, 0.2) is 0 Å². The standard InChI is InChI=1S/C13H13F3/c14-13(15,16)12-8-6-11(7-9-12)10-4-2-1-3-5-10/h1-6,8,11-12H,7,9H2. The van der Waals surface area contributed by atoms with Crippen molar-refractivity contribution in [2.24, 2.45) is 5.92 Å². The molecule has 0 aliphatic heterocycles. The third-order valence-corrected chi connectivity index (χ3v) is 3.01. The van der Waals surface area contributed by atoms with Gasteiger partial charge in [0.1, 0.15) is 0 Å². The summed E-state index contributed by atoms with van der Waals surface area (Å²) in [5.74, 6) is -1.12. The zero-order valence-electron chi connectivity index (χ0n) is 8.74. The molecule has 0 bridgehead atoms. The molecule has 86 valence electrons. The van der Waals surface area contributed by atoms with Crippen molar-refractivity contribution in [2.75, 3.05) is 0 Å². The van der Waals surface area contributed by atoms with E-state index in [0.717, 1.165) is 5.56 Å². The molecular weight excluding hydrogens is 213 g/mol. The maximum Gasteiger partial charge on any atom is 0.395 e. The van der Waals surface area contributed by atoms with Gasteiger partial charge in [-0.1, -0.05) is 42.5 Å². The number of rotatable bonds is 1. The summed E-state index contributed by atoms with van der Waals surface area (Å²) in [5.41, 5.74) is 1.10. The third-order valence-electron chi connectivity index (χ3n) is 3.01. The van der Waals surface area contributed by atoms with E-state index in [1.165, 1.54) is 6.08 Å². The Morgan fingerprint density at radius 2 is 1.62 bits per heavy atom. The van der Waals surface area contributed by atoms with Gasteiger partial charge in [0.25, 0.3) is 0 Å². The lowest BCUT2D eigenvalue weighted by Crippen LogP contribution is -2.23. The Labute approximate surface area is 92.8 Å². The largest absolute Gasteiger partial charge is 0.395 e. The minimum absolute atomic E-state index is 0.139. The van der Waals surface area contributed by atoms with Crippen molar-refractivity contribution in [1.82, 2.24) is 0 Å². The number of alkyl halides is 3. The van der Waals surface area contributed by atoms with E-state index in [1.54, 1.807) is 6.08 Å². The Hall–Kier alpha value is -1.25. The second-order valence-electron chi connectivity index (χ2n) is 4.13. The first-order valence-corrected chi connectivity index (χ1v) is 5.37. The fraction of sp³-hybridized carbons (Fsp3) is 0.385. The molecule has 16 heavy (non-hydrogen) atoms. The summed E-state index contributed by atoms with van der Waals surface area (Å²) in [7, 11) is 0. The Morgan fingerprint density at radius 1 is 0.938 bits per heavy atom. The highest BCUT2D eigenvalue weighted by atomic mass is 19.4. The van der Waals surface area contributed by atoms with Gasteiger partial charge in [-0.25, -0.2) is 0 Å². The minimum atomic E-state index is -4.09. The molecule has 2 atom stereocenters. The van der Waals surface area contributed by atoms with Crippen molar-refractivity contribution in [3.8, 4) is 0 Å². The SMILES string of the molecule is FC(F)(F)C1C=CC(c2ccccc2)CC1. The molecule has 0 heterocycles. The molecule has 0 N–H and O–H groups in total. The van der Waals surface area contributed by atoms with Crippen LogP contribution in [-0.2, 0) is 0 Å². The molecule has 2 rings (SSSR count). The number of hydrogen-bond donors (Lipinski definition) is 0. The van der Waals surface area contributed by atoms with Crippen LogP contribution in [0.1, 0.15) is 24.3 Å². The van der Waals surface area contributed by atoms with Gasteiger partial charge < -0.3 is 0 Å². The maximum absolute atomic E-state index is 12.4. The normalized spacial score (nSPS) is 25.7. The van der Waals surface area contributed by atoms with Crippen molar-refractivity contribution in [1.29, 1.82) is 0 Å². The van der Waals surface area contributed by atoms with E-state index in [0.29, 0.717) is 6.42 Å². The Morgan fingerprint density at radius 3 is 2.12 bits per heavy atom. The van der Waals surface area contributed by atoms with E-state index in [9.17, 15) is 13.2 Å². The molecule has 0 nitrogen and oxygen atoms in total. The summed E-state index contributed by atoms with van der Waals surface area (Å²) in [6, 6.07) is 9.67. The van der Waals surface area contributed by atoms with Crippen LogP contribution in [0.2, 0.25) is 0 Å². The average molecular weight is 226 g/mol. The van der Waals surface area contributed by atoms with Gasteiger partial charge in [-0.2, -0.15) is 13.2 Å². The molecule has 0 amide bonds. The van der Waals surface area contributed by atoms with Crippen LogP contribution >= 0.6 is 0 Å². The van der Waals surface area contributed by atoms with E-state index in [4.69, 9.17) is 0 Å². The van der Waals surface area contributed by atoms with Crippen LogP contribution in [0.25, 0.3) is 0 Å². The highest BCUT2D eigenvalue weighted by Gasteiger charge is 2.39. The number of hydrogen-bond acceptors (Lipinski definition) is 0. The smallest absolute Gasteiger partial charge is 0.170 e. The lowest BCUT2D eigenvalue weighted by molar-refractivity contribution is -0.163. The second kappa shape index (κ2) is 4.32. The summed E-state index contributed by atoms with van der Waals surface area (Å²) in [4.78, 5) is 0. The lowest BCUT2D eigenvalue weighted by Gasteiger charge is -2.24. The summed E-state index contributed by atoms with van der Waals surface area (Å²) >= 11 is 0. The van der Waals surface area contributed by atoms with Crippen LogP contribution in [0.5, 0.6) is 0 Å². The van der Waals surface area contributed by atoms with Crippen LogP contribution in [0.15, 0.2) is 42.5 Å². The van der Waals surface area contributed by atoms with Gasteiger partial charge in [-0.15, -0.1) is 0 Å².